The van der Waals surface area contributed by atoms with Crippen molar-refractivity contribution in [1.82, 2.24) is 0 Å². The fourth-order valence-corrected chi connectivity index (χ4v) is 5.26. The number of aliphatic hydroxyl groups is 16. The summed E-state index contributed by atoms with van der Waals surface area (Å²) in [7, 11) is 0. The summed E-state index contributed by atoms with van der Waals surface area (Å²) in [6, 6.07) is 0. The second kappa shape index (κ2) is 16.2. The zero-order chi connectivity index (χ0) is 34.7. The highest BCUT2D eigenvalue weighted by atomic mass is 16.8. The van der Waals surface area contributed by atoms with E-state index in [1.165, 1.54) is 0 Å². The molecule has 2 unspecified atom stereocenters. The van der Waals surface area contributed by atoms with Gasteiger partial charge in [0.2, 0.25) is 11.6 Å². The third-order valence-electron chi connectivity index (χ3n) is 8.08. The van der Waals surface area contributed by atoms with Crippen molar-refractivity contribution >= 4 is 0 Å². The standard InChI is InChI=1S/2C12H22O11/c2*13-1-4-6(16)7(17)8(18)11(21-4)22-9-5(2-14)23-12(20,3-15)10(9)19/h2*4-11,13-20H,1-3H2/t2*4-,5-,6+,7+,8-,9-,10+,11?,12-/m11/s1. The molecule has 18 atom stereocenters. The van der Waals surface area contributed by atoms with Crippen LogP contribution < -0.4 is 0 Å². The van der Waals surface area contributed by atoms with Crippen LogP contribution >= 0.6 is 0 Å². The third-order valence-corrected chi connectivity index (χ3v) is 8.08. The second-order valence-electron chi connectivity index (χ2n) is 11.2. The molecule has 22 nitrogen and oxygen atoms in total. The summed E-state index contributed by atoms with van der Waals surface area (Å²) in [5.41, 5.74) is 0. The summed E-state index contributed by atoms with van der Waals surface area (Å²) < 4.78 is 30.6. The average molecular weight is 685 g/mol. The monoisotopic (exact) mass is 684 g/mol. The first kappa shape index (κ1) is 39.6. The van der Waals surface area contributed by atoms with Crippen LogP contribution in [0.5, 0.6) is 0 Å². The summed E-state index contributed by atoms with van der Waals surface area (Å²) in [5, 5.41) is 153. The van der Waals surface area contributed by atoms with Crippen LogP contribution in [0.4, 0.5) is 0 Å². The molecule has 272 valence electrons. The van der Waals surface area contributed by atoms with Gasteiger partial charge in [0.25, 0.3) is 0 Å². The fourth-order valence-electron chi connectivity index (χ4n) is 5.26. The highest BCUT2D eigenvalue weighted by molar-refractivity contribution is 4.99. The Bertz CT molecular complexity index is 858. The molecule has 0 radical (unpaired) electrons. The van der Waals surface area contributed by atoms with Gasteiger partial charge in [-0.3, -0.25) is 0 Å². The molecule has 4 saturated heterocycles. The smallest absolute Gasteiger partial charge is 0.219 e. The molecule has 4 rings (SSSR count). The molecule has 4 aliphatic rings. The maximum absolute atomic E-state index is 10.00. The van der Waals surface area contributed by atoms with Crippen molar-refractivity contribution in [3.63, 3.8) is 0 Å². The highest BCUT2D eigenvalue weighted by Crippen LogP contribution is 2.35. The van der Waals surface area contributed by atoms with Crippen molar-refractivity contribution in [2.45, 2.75) is 110 Å². The number of aliphatic hydroxyl groups excluding tert-OH is 14. The summed E-state index contributed by atoms with van der Waals surface area (Å²) in [6.07, 6.45) is -24.4. The minimum absolute atomic E-state index is 0.668. The minimum atomic E-state index is -2.37. The van der Waals surface area contributed by atoms with E-state index in [0.717, 1.165) is 0 Å². The fraction of sp³-hybridized carbons (Fsp3) is 1.00. The third kappa shape index (κ3) is 7.79. The Morgan fingerprint density at radius 1 is 0.435 bits per heavy atom. The first-order valence-corrected chi connectivity index (χ1v) is 14.1. The average Bonchev–Trinajstić information content (AvgIpc) is 3.45. The molecule has 4 fully saturated rings. The SMILES string of the molecule is OC[C@H]1OC(O[C@@H]2[C@@H](CO)O[C@](O)(CO)[C@H]2O)[C@H](O)[C@@H](O)[C@H]1O.OC[C@H]1OC(O[C@@H]2[C@@H](CO)O[C@](O)(CO)[C@H]2O)[C@H](O)[C@@H](O)[C@H]1O. The Labute approximate surface area is 260 Å². The van der Waals surface area contributed by atoms with Crippen molar-refractivity contribution in [3.8, 4) is 0 Å². The molecule has 0 aliphatic carbocycles. The molecule has 0 aromatic carbocycles. The largest absolute Gasteiger partial charge is 0.394 e. The van der Waals surface area contributed by atoms with Crippen LogP contribution in [0.15, 0.2) is 0 Å². The van der Waals surface area contributed by atoms with Crippen molar-refractivity contribution in [3.05, 3.63) is 0 Å². The van der Waals surface area contributed by atoms with Crippen LogP contribution in [-0.2, 0) is 28.4 Å². The van der Waals surface area contributed by atoms with Gasteiger partial charge in [-0.15, -0.1) is 0 Å². The molecule has 0 aromatic heterocycles. The van der Waals surface area contributed by atoms with E-state index < -0.39 is 149 Å². The number of rotatable bonds is 10. The molecule has 4 heterocycles. The van der Waals surface area contributed by atoms with E-state index in [2.05, 4.69) is 0 Å². The van der Waals surface area contributed by atoms with Crippen LogP contribution in [-0.4, -0.2) is 231 Å². The Balaban J connectivity index is 0.000000250. The number of hydrogen-bond donors (Lipinski definition) is 16. The van der Waals surface area contributed by atoms with Gasteiger partial charge in [0, 0.05) is 0 Å². The van der Waals surface area contributed by atoms with Crippen molar-refractivity contribution in [2.24, 2.45) is 0 Å². The lowest BCUT2D eigenvalue weighted by Crippen LogP contribution is -2.60. The van der Waals surface area contributed by atoms with E-state index in [0.29, 0.717) is 0 Å². The lowest BCUT2D eigenvalue weighted by atomic mass is 9.99. The molecule has 4 aliphatic heterocycles. The first-order chi connectivity index (χ1) is 21.6. The summed E-state index contributed by atoms with van der Waals surface area (Å²) in [6.45, 7) is -4.64. The van der Waals surface area contributed by atoms with Gasteiger partial charge in [-0.25, -0.2) is 0 Å². The molecular formula is C24H44O22. The van der Waals surface area contributed by atoms with Gasteiger partial charge in [0.1, 0.15) is 85.5 Å². The van der Waals surface area contributed by atoms with E-state index in [-0.39, 0.29) is 0 Å². The number of ether oxygens (including phenoxy) is 6. The van der Waals surface area contributed by atoms with Crippen LogP contribution in [0.2, 0.25) is 0 Å². The quantitative estimate of drug-likeness (QED) is 0.101. The second-order valence-corrected chi connectivity index (χ2v) is 11.2. The predicted molar refractivity (Wildman–Crippen MR) is 137 cm³/mol. The lowest BCUT2D eigenvalue weighted by Gasteiger charge is -2.41. The van der Waals surface area contributed by atoms with Gasteiger partial charge in [0.15, 0.2) is 12.6 Å². The maximum Gasteiger partial charge on any atom is 0.219 e. The molecular weight excluding hydrogens is 640 g/mol. The summed E-state index contributed by atoms with van der Waals surface area (Å²) in [4.78, 5) is 0. The van der Waals surface area contributed by atoms with Crippen molar-refractivity contribution < 1.29 is 110 Å². The van der Waals surface area contributed by atoms with Crippen LogP contribution in [0.1, 0.15) is 0 Å². The van der Waals surface area contributed by atoms with E-state index >= 15 is 0 Å². The van der Waals surface area contributed by atoms with Gasteiger partial charge in [0.05, 0.1) is 39.6 Å². The molecule has 46 heavy (non-hydrogen) atoms. The van der Waals surface area contributed by atoms with Crippen LogP contribution in [0, 0.1) is 0 Å². The Kier molecular flexibility index (Phi) is 13.9. The predicted octanol–water partition coefficient (Wildman–Crippen LogP) is -10.8. The van der Waals surface area contributed by atoms with Gasteiger partial charge in [-0.1, -0.05) is 0 Å². The van der Waals surface area contributed by atoms with E-state index in [9.17, 15) is 61.3 Å². The minimum Gasteiger partial charge on any atom is -0.394 e. The molecule has 22 heteroatoms. The highest BCUT2D eigenvalue weighted by Gasteiger charge is 2.58. The van der Waals surface area contributed by atoms with E-state index in [1.807, 2.05) is 0 Å². The Morgan fingerprint density at radius 3 is 1.00 bits per heavy atom. The summed E-state index contributed by atoms with van der Waals surface area (Å²) >= 11 is 0. The molecule has 16 N–H and O–H groups in total. The van der Waals surface area contributed by atoms with Gasteiger partial charge < -0.3 is 110 Å². The van der Waals surface area contributed by atoms with Gasteiger partial charge >= 0.3 is 0 Å². The normalized spacial score (nSPS) is 51.1. The Hall–Kier alpha value is -0.880. The maximum atomic E-state index is 10.00. The molecule has 0 amide bonds. The van der Waals surface area contributed by atoms with Gasteiger partial charge in [-0.05, 0) is 0 Å². The number of hydrogen-bond acceptors (Lipinski definition) is 22. The molecule has 0 aromatic rings. The lowest BCUT2D eigenvalue weighted by molar-refractivity contribution is -0.318. The Morgan fingerprint density at radius 2 is 0.739 bits per heavy atom. The molecule has 0 bridgehead atoms. The van der Waals surface area contributed by atoms with Crippen LogP contribution in [0.25, 0.3) is 0 Å². The summed E-state index contributed by atoms with van der Waals surface area (Å²) in [5.74, 6) is -4.74. The van der Waals surface area contributed by atoms with Crippen molar-refractivity contribution in [1.29, 1.82) is 0 Å². The molecule has 0 saturated carbocycles. The van der Waals surface area contributed by atoms with E-state index in [4.69, 9.17) is 48.8 Å². The molecule has 0 spiro atoms. The topological polar surface area (TPSA) is 379 Å². The zero-order valence-electron chi connectivity index (χ0n) is 24.1. The van der Waals surface area contributed by atoms with E-state index in [1.54, 1.807) is 0 Å². The zero-order valence-corrected chi connectivity index (χ0v) is 24.1. The van der Waals surface area contributed by atoms with Crippen molar-refractivity contribution in [2.75, 3.05) is 39.6 Å². The van der Waals surface area contributed by atoms with Crippen LogP contribution in [0.3, 0.4) is 0 Å². The first-order valence-electron chi connectivity index (χ1n) is 14.1. The van der Waals surface area contributed by atoms with Gasteiger partial charge in [-0.2, -0.15) is 0 Å².